The third-order valence-electron chi connectivity index (χ3n) is 3.24. The molecule has 0 heterocycles. The number of hydrogen-bond donors (Lipinski definition) is 0. The molecule has 0 saturated carbocycles. The number of hydrogen-bond acceptors (Lipinski definition) is 3. The molecule has 0 bridgehead atoms. The molecule has 0 spiro atoms. The summed E-state index contributed by atoms with van der Waals surface area (Å²) < 4.78 is 24.9. The second kappa shape index (κ2) is 7.97. The molecular weight excluding hydrogens is 365 g/mol. The van der Waals surface area contributed by atoms with Crippen molar-refractivity contribution >= 4 is 21.8 Å². The molecule has 23 heavy (non-hydrogen) atoms. The van der Waals surface area contributed by atoms with Gasteiger partial charge in [-0.25, -0.2) is 4.39 Å². The number of likely N-dealkylation sites (N-methyl/N-ethyl adjacent to an activating group) is 1. The summed E-state index contributed by atoms with van der Waals surface area (Å²) in [4.78, 5) is 13.6. The van der Waals surface area contributed by atoms with Gasteiger partial charge in [-0.3, -0.25) is 4.79 Å². The van der Waals surface area contributed by atoms with Crippen molar-refractivity contribution in [2.24, 2.45) is 0 Å². The van der Waals surface area contributed by atoms with Crippen LogP contribution in [0.5, 0.6) is 11.5 Å². The second-order valence-corrected chi connectivity index (χ2v) is 5.88. The van der Waals surface area contributed by atoms with E-state index in [1.807, 2.05) is 12.1 Å². The Morgan fingerprint density at radius 2 is 1.91 bits per heavy atom. The Morgan fingerprint density at radius 1 is 1.22 bits per heavy atom. The Kier molecular flexibility index (Phi) is 5.98. The highest BCUT2D eigenvalue weighted by molar-refractivity contribution is 9.10. The summed E-state index contributed by atoms with van der Waals surface area (Å²) in [5.41, 5.74) is 0.683. The van der Waals surface area contributed by atoms with Crippen LogP contribution in [0.2, 0.25) is 0 Å². The lowest BCUT2D eigenvalue weighted by Crippen LogP contribution is -2.31. The number of nitrogens with zero attached hydrogens (tertiary/aromatic N) is 1. The highest BCUT2D eigenvalue weighted by Crippen LogP contribution is 2.19. The zero-order valence-electron chi connectivity index (χ0n) is 12.9. The third-order valence-corrected chi connectivity index (χ3v) is 3.77. The van der Waals surface area contributed by atoms with Crippen molar-refractivity contribution < 1.29 is 18.7 Å². The van der Waals surface area contributed by atoms with Crippen molar-refractivity contribution in [3.8, 4) is 11.5 Å². The van der Waals surface area contributed by atoms with Crippen LogP contribution in [0.15, 0.2) is 46.9 Å². The van der Waals surface area contributed by atoms with E-state index in [1.54, 1.807) is 31.3 Å². The minimum absolute atomic E-state index is 0.0726. The minimum atomic E-state index is -0.447. The molecule has 2 aromatic rings. The molecule has 0 atom stereocenters. The molecule has 122 valence electrons. The van der Waals surface area contributed by atoms with E-state index in [4.69, 9.17) is 9.47 Å². The van der Waals surface area contributed by atoms with Gasteiger partial charge in [-0.2, -0.15) is 0 Å². The van der Waals surface area contributed by atoms with Crippen molar-refractivity contribution in [3.05, 3.63) is 58.3 Å². The van der Waals surface area contributed by atoms with Crippen LogP contribution in [0.3, 0.4) is 0 Å². The van der Waals surface area contributed by atoms with Crippen molar-refractivity contribution in [2.45, 2.75) is 6.54 Å². The number of benzene rings is 2. The van der Waals surface area contributed by atoms with Crippen LogP contribution < -0.4 is 9.47 Å². The number of methoxy groups -OCH3 is 1. The molecule has 2 aromatic carbocycles. The Morgan fingerprint density at radius 3 is 2.52 bits per heavy atom. The molecule has 0 aromatic heterocycles. The highest BCUT2D eigenvalue weighted by atomic mass is 79.9. The van der Waals surface area contributed by atoms with E-state index < -0.39 is 5.82 Å². The van der Waals surface area contributed by atoms with Gasteiger partial charge in [0, 0.05) is 18.1 Å². The normalized spacial score (nSPS) is 10.3. The molecule has 0 saturated heterocycles. The predicted molar refractivity (Wildman–Crippen MR) is 89.1 cm³/mol. The van der Waals surface area contributed by atoms with Crippen LogP contribution >= 0.6 is 15.9 Å². The fraction of sp³-hybridized carbons (Fsp3) is 0.235. The smallest absolute Gasteiger partial charge is 0.260 e. The molecule has 4 nitrogen and oxygen atoms in total. The highest BCUT2D eigenvalue weighted by Gasteiger charge is 2.12. The van der Waals surface area contributed by atoms with Crippen LogP contribution in [-0.2, 0) is 11.3 Å². The van der Waals surface area contributed by atoms with Crippen LogP contribution in [0.25, 0.3) is 0 Å². The van der Waals surface area contributed by atoms with Gasteiger partial charge < -0.3 is 14.4 Å². The molecular formula is C17H17BrFNO3. The molecule has 0 radical (unpaired) electrons. The first-order valence-corrected chi connectivity index (χ1v) is 7.73. The van der Waals surface area contributed by atoms with E-state index in [0.29, 0.717) is 17.9 Å². The zero-order chi connectivity index (χ0) is 16.8. The first-order valence-electron chi connectivity index (χ1n) is 6.94. The molecule has 0 fully saturated rings. The lowest BCUT2D eigenvalue weighted by atomic mass is 10.2. The van der Waals surface area contributed by atoms with Crippen LogP contribution in [0, 0.1) is 5.82 Å². The average molecular weight is 382 g/mol. The first kappa shape index (κ1) is 17.3. The number of amides is 1. The maximum absolute atomic E-state index is 13.6. The van der Waals surface area contributed by atoms with Gasteiger partial charge in [0.1, 0.15) is 5.75 Å². The van der Waals surface area contributed by atoms with Crippen molar-refractivity contribution in [3.63, 3.8) is 0 Å². The Bertz CT molecular complexity index is 676. The zero-order valence-corrected chi connectivity index (χ0v) is 14.5. The standard InChI is InChI=1S/C17H17BrFNO3/c1-20(10-12-3-8-16(22-2)15(19)9-12)17(21)11-23-14-6-4-13(18)5-7-14/h3-9H,10-11H2,1-2H3. The summed E-state index contributed by atoms with van der Waals surface area (Å²) in [5, 5.41) is 0. The number of carbonyl (C=O) groups excluding carboxylic acids is 1. The van der Waals surface area contributed by atoms with E-state index in [9.17, 15) is 9.18 Å². The van der Waals surface area contributed by atoms with E-state index in [2.05, 4.69) is 15.9 Å². The summed E-state index contributed by atoms with van der Waals surface area (Å²) in [6.07, 6.45) is 0. The molecule has 0 aliphatic rings. The number of ether oxygens (including phenoxy) is 2. The van der Waals surface area contributed by atoms with E-state index in [-0.39, 0.29) is 18.3 Å². The van der Waals surface area contributed by atoms with Crippen molar-refractivity contribution in [2.75, 3.05) is 20.8 Å². The number of rotatable bonds is 6. The van der Waals surface area contributed by atoms with Crippen LogP contribution in [0.1, 0.15) is 5.56 Å². The minimum Gasteiger partial charge on any atom is -0.494 e. The lowest BCUT2D eigenvalue weighted by molar-refractivity contribution is -0.132. The monoisotopic (exact) mass is 381 g/mol. The molecule has 0 unspecified atom stereocenters. The topological polar surface area (TPSA) is 38.8 Å². The first-order chi connectivity index (χ1) is 11.0. The van der Waals surface area contributed by atoms with E-state index in [1.165, 1.54) is 18.1 Å². The SMILES string of the molecule is COc1ccc(CN(C)C(=O)COc2ccc(Br)cc2)cc1F. The maximum Gasteiger partial charge on any atom is 0.260 e. The molecule has 0 aliphatic heterocycles. The van der Waals surface area contributed by atoms with Gasteiger partial charge in [-0.1, -0.05) is 22.0 Å². The molecule has 6 heteroatoms. The van der Waals surface area contributed by atoms with Gasteiger partial charge in [0.2, 0.25) is 0 Å². The third kappa shape index (κ3) is 4.96. The molecule has 1 amide bonds. The van der Waals surface area contributed by atoms with Gasteiger partial charge in [-0.15, -0.1) is 0 Å². The Balaban J connectivity index is 1.89. The fourth-order valence-corrected chi connectivity index (χ4v) is 2.22. The Hall–Kier alpha value is -2.08. The van der Waals surface area contributed by atoms with Gasteiger partial charge in [0.25, 0.3) is 5.91 Å². The second-order valence-electron chi connectivity index (χ2n) is 4.96. The summed E-state index contributed by atoms with van der Waals surface area (Å²) in [6.45, 7) is 0.222. The fourth-order valence-electron chi connectivity index (χ4n) is 1.96. The quantitative estimate of drug-likeness (QED) is 0.766. The van der Waals surface area contributed by atoms with Gasteiger partial charge in [0.15, 0.2) is 18.2 Å². The number of halogens is 2. The van der Waals surface area contributed by atoms with Gasteiger partial charge in [0.05, 0.1) is 7.11 Å². The average Bonchev–Trinajstić information content (AvgIpc) is 2.54. The maximum atomic E-state index is 13.6. The van der Waals surface area contributed by atoms with Gasteiger partial charge in [-0.05, 0) is 42.0 Å². The summed E-state index contributed by atoms with van der Waals surface area (Å²) >= 11 is 3.33. The van der Waals surface area contributed by atoms with Gasteiger partial charge >= 0.3 is 0 Å². The summed E-state index contributed by atoms with van der Waals surface area (Å²) in [6, 6.07) is 11.8. The molecule has 2 rings (SSSR count). The number of carbonyl (C=O) groups is 1. The van der Waals surface area contributed by atoms with Crippen LogP contribution in [-0.4, -0.2) is 31.6 Å². The van der Waals surface area contributed by atoms with E-state index >= 15 is 0 Å². The summed E-state index contributed by atoms with van der Waals surface area (Å²) in [5.74, 6) is 0.160. The predicted octanol–water partition coefficient (Wildman–Crippen LogP) is 3.63. The summed E-state index contributed by atoms with van der Waals surface area (Å²) in [7, 11) is 3.06. The van der Waals surface area contributed by atoms with Crippen molar-refractivity contribution in [1.82, 2.24) is 4.90 Å². The molecule has 0 N–H and O–H groups in total. The Labute approximate surface area is 142 Å². The molecule has 0 aliphatic carbocycles. The van der Waals surface area contributed by atoms with Crippen LogP contribution in [0.4, 0.5) is 4.39 Å². The largest absolute Gasteiger partial charge is 0.494 e. The van der Waals surface area contributed by atoms with Crippen molar-refractivity contribution in [1.29, 1.82) is 0 Å². The lowest BCUT2D eigenvalue weighted by Gasteiger charge is -2.18. The van der Waals surface area contributed by atoms with E-state index in [0.717, 1.165) is 4.47 Å².